The molecule has 1 aromatic carbocycles. The van der Waals surface area contributed by atoms with Crippen molar-refractivity contribution in [2.45, 2.75) is 48.2 Å². The minimum Gasteiger partial charge on any atom is -0.293 e. The minimum absolute atomic E-state index is 0.162. The summed E-state index contributed by atoms with van der Waals surface area (Å²) in [5.41, 5.74) is 3.27. The molecule has 0 radical (unpaired) electrons. The second-order valence-corrected chi connectivity index (χ2v) is 9.16. The van der Waals surface area contributed by atoms with Crippen LogP contribution in [0.4, 0.5) is 0 Å². The number of Topliss-reactive ketones (excluding diaryl/α,β-unsaturated/α-hetero) is 1. The Morgan fingerprint density at radius 3 is 2.39 bits per heavy atom. The van der Waals surface area contributed by atoms with Crippen LogP contribution in [0.15, 0.2) is 26.9 Å². The zero-order chi connectivity index (χ0) is 17.0. The largest absolute Gasteiger partial charge is 0.293 e. The Morgan fingerprint density at radius 2 is 1.83 bits per heavy atom. The maximum atomic E-state index is 12.6. The van der Waals surface area contributed by atoms with Crippen molar-refractivity contribution in [1.29, 1.82) is 0 Å². The third kappa shape index (κ3) is 4.81. The van der Waals surface area contributed by atoms with Gasteiger partial charge < -0.3 is 0 Å². The highest BCUT2D eigenvalue weighted by molar-refractivity contribution is 8.03. The van der Waals surface area contributed by atoms with Crippen LogP contribution in [0.25, 0.3) is 0 Å². The van der Waals surface area contributed by atoms with E-state index in [9.17, 15) is 4.79 Å². The highest BCUT2D eigenvalue weighted by atomic mass is 32.2. The number of carbonyl (C=O) groups excluding carboxylic acids is 1. The van der Waals surface area contributed by atoms with Crippen LogP contribution in [-0.2, 0) is 0 Å². The number of hydrogen-bond acceptors (Lipinski definition) is 6. The molecule has 0 aliphatic heterocycles. The summed E-state index contributed by atoms with van der Waals surface area (Å²) in [5, 5.41) is 8.17. The lowest BCUT2D eigenvalue weighted by Gasteiger charge is -2.15. The Hall–Kier alpha value is -0.850. The van der Waals surface area contributed by atoms with Gasteiger partial charge in [0.2, 0.25) is 0 Å². The van der Waals surface area contributed by atoms with Gasteiger partial charge in [-0.1, -0.05) is 80.8 Å². The number of carbonyl (C=O) groups is 1. The zero-order valence-corrected chi connectivity index (χ0v) is 16.6. The van der Waals surface area contributed by atoms with Gasteiger partial charge in [-0.3, -0.25) is 4.79 Å². The van der Waals surface area contributed by atoms with E-state index in [4.69, 9.17) is 0 Å². The first-order valence-electron chi connectivity index (χ1n) is 7.59. The van der Waals surface area contributed by atoms with E-state index < -0.39 is 0 Å². The van der Waals surface area contributed by atoms with E-state index in [-0.39, 0.29) is 5.78 Å². The fourth-order valence-electron chi connectivity index (χ4n) is 2.21. The van der Waals surface area contributed by atoms with Crippen molar-refractivity contribution in [3.8, 4) is 0 Å². The number of nitrogens with zero attached hydrogens (tertiary/aromatic N) is 2. The van der Waals surface area contributed by atoms with Crippen LogP contribution in [0.1, 0.15) is 61.0 Å². The standard InChI is InChI=1S/C17H22N2OS3/c1-10(2)12-6-7-13(14(8-12)11(3)4)15(20)9-22-17-19-18-16(21-5)23-17/h6-8,10-11H,9H2,1-5H3. The van der Waals surface area contributed by atoms with Gasteiger partial charge in [-0.05, 0) is 29.2 Å². The summed E-state index contributed by atoms with van der Waals surface area (Å²) < 4.78 is 1.79. The minimum atomic E-state index is 0.162. The van der Waals surface area contributed by atoms with E-state index in [1.807, 2.05) is 12.3 Å². The number of ketones is 1. The van der Waals surface area contributed by atoms with Crippen molar-refractivity contribution in [1.82, 2.24) is 10.2 Å². The zero-order valence-electron chi connectivity index (χ0n) is 14.1. The molecule has 0 fully saturated rings. The number of aromatic nitrogens is 2. The molecule has 3 nitrogen and oxygen atoms in total. The van der Waals surface area contributed by atoms with E-state index in [0.717, 1.165) is 19.8 Å². The van der Waals surface area contributed by atoms with Crippen molar-refractivity contribution < 1.29 is 4.79 Å². The molecule has 0 aliphatic carbocycles. The Bertz CT molecular complexity index is 680. The molecule has 1 heterocycles. The van der Waals surface area contributed by atoms with Crippen molar-refractivity contribution in [3.63, 3.8) is 0 Å². The van der Waals surface area contributed by atoms with Gasteiger partial charge in [-0.2, -0.15) is 0 Å². The molecule has 0 unspecified atom stereocenters. The summed E-state index contributed by atoms with van der Waals surface area (Å²) in [6, 6.07) is 6.25. The van der Waals surface area contributed by atoms with Gasteiger partial charge in [0.1, 0.15) is 0 Å². The topological polar surface area (TPSA) is 42.9 Å². The maximum absolute atomic E-state index is 12.6. The third-order valence-electron chi connectivity index (χ3n) is 3.55. The normalized spacial score (nSPS) is 11.4. The van der Waals surface area contributed by atoms with Gasteiger partial charge in [0, 0.05) is 5.56 Å². The Balaban J connectivity index is 2.14. The first-order valence-corrected chi connectivity index (χ1v) is 10.6. The van der Waals surface area contributed by atoms with E-state index in [0.29, 0.717) is 17.6 Å². The van der Waals surface area contributed by atoms with Crippen LogP contribution in [0.5, 0.6) is 0 Å². The second kappa shape index (κ2) is 8.31. The maximum Gasteiger partial charge on any atom is 0.175 e. The molecule has 124 valence electrons. The van der Waals surface area contributed by atoms with Gasteiger partial charge >= 0.3 is 0 Å². The van der Waals surface area contributed by atoms with Crippen LogP contribution in [0.2, 0.25) is 0 Å². The molecule has 2 aromatic rings. The molecule has 23 heavy (non-hydrogen) atoms. The average molecular weight is 367 g/mol. The molecule has 0 aliphatic rings. The molecule has 0 atom stereocenters. The Morgan fingerprint density at radius 1 is 1.13 bits per heavy atom. The van der Waals surface area contributed by atoms with Crippen LogP contribution in [0, 0.1) is 0 Å². The Kier molecular flexibility index (Phi) is 6.68. The number of hydrogen-bond donors (Lipinski definition) is 0. The average Bonchev–Trinajstić information content (AvgIpc) is 2.99. The van der Waals surface area contributed by atoms with Crippen LogP contribution >= 0.6 is 34.9 Å². The van der Waals surface area contributed by atoms with Crippen LogP contribution in [-0.4, -0.2) is 28.0 Å². The molecule has 0 saturated carbocycles. The van der Waals surface area contributed by atoms with Crippen molar-refractivity contribution in [3.05, 3.63) is 34.9 Å². The van der Waals surface area contributed by atoms with Crippen molar-refractivity contribution >= 4 is 40.6 Å². The molecule has 0 amide bonds. The van der Waals surface area contributed by atoms with Gasteiger partial charge in [0.25, 0.3) is 0 Å². The van der Waals surface area contributed by atoms with Gasteiger partial charge in [0.15, 0.2) is 14.5 Å². The molecule has 2 rings (SSSR count). The molecule has 0 N–H and O–H groups in total. The fourth-order valence-corrected chi connectivity index (χ4v) is 4.54. The SMILES string of the molecule is CSc1nnc(SCC(=O)c2ccc(C(C)C)cc2C(C)C)s1. The van der Waals surface area contributed by atoms with Gasteiger partial charge in [-0.25, -0.2) is 0 Å². The summed E-state index contributed by atoms with van der Waals surface area (Å²) in [6.45, 7) is 8.63. The highest BCUT2D eigenvalue weighted by Crippen LogP contribution is 2.30. The molecule has 0 saturated heterocycles. The predicted molar refractivity (Wildman–Crippen MR) is 101 cm³/mol. The fraction of sp³-hybridized carbons (Fsp3) is 0.471. The molecule has 1 aromatic heterocycles. The Labute approximate surface area is 150 Å². The predicted octanol–water partition coefficient (Wildman–Crippen LogP) is 5.48. The number of rotatable bonds is 7. The summed E-state index contributed by atoms with van der Waals surface area (Å²) in [4.78, 5) is 12.6. The van der Waals surface area contributed by atoms with E-state index in [2.05, 4.69) is 50.0 Å². The van der Waals surface area contributed by atoms with Gasteiger partial charge in [0.05, 0.1) is 5.75 Å². The van der Waals surface area contributed by atoms with E-state index in [1.165, 1.54) is 28.7 Å². The highest BCUT2D eigenvalue weighted by Gasteiger charge is 2.16. The summed E-state index contributed by atoms with van der Waals surface area (Å²) in [5.74, 6) is 1.37. The van der Waals surface area contributed by atoms with E-state index >= 15 is 0 Å². The quantitative estimate of drug-likeness (QED) is 0.479. The first kappa shape index (κ1) is 18.5. The molecular weight excluding hydrogens is 344 g/mol. The van der Waals surface area contributed by atoms with Gasteiger partial charge in [-0.15, -0.1) is 10.2 Å². The number of benzene rings is 1. The second-order valence-electron chi connectivity index (χ2n) is 5.91. The summed E-state index contributed by atoms with van der Waals surface area (Å²) in [6.07, 6.45) is 1.98. The summed E-state index contributed by atoms with van der Waals surface area (Å²) in [7, 11) is 0. The molecule has 6 heteroatoms. The third-order valence-corrected chi connectivity index (χ3v) is 6.59. The molecular formula is C17H22N2OS3. The molecule has 0 bridgehead atoms. The number of thioether (sulfide) groups is 2. The van der Waals surface area contributed by atoms with Crippen LogP contribution < -0.4 is 0 Å². The van der Waals surface area contributed by atoms with Crippen molar-refractivity contribution in [2.75, 3.05) is 12.0 Å². The lowest BCUT2D eigenvalue weighted by molar-refractivity contribution is 0.102. The monoisotopic (exact) mass is 366 g/mol. The summed E-state index contributed by atoms with van der Waals surface area (Å²) >= 11 is 4.59. The molecule has 0 spiro atoms. The first-order chi connectivity index (χ1) is 10.9. The van der Waals surface area contributed by atoms with E-state index in [1.54, 1.807) is 11.8 Å². The lowest BCUT2D eigenvalue weighted by atomic mass is 9.90. The van der Waals surface area contributed by atoms with Crippen molar-refractivity contribution in [2.24, 2.45) is 0 Å². The lowest BCUT2D eigenvalue weighted by Crippen LogP contribution is -2.08. The van der Waals surface area contributed by atoms with Crippen LogP contribution in [0.3, 0.4) is 0 Å². The smallest absolute Gasteiger partial charge is 0.175 e.